The first-order chi connectivity index (χ1) is 11.1. The lowest BCUT2D eigenvalue weighted by Crippen LogP contribution is -2.54. The summed E-state index contributed by atoms with van der Waals surface area (Å²) in [6.45, 7) is 5.83. The first-order valence-corrected chi connectivity index (χ1v) is 8.69. The van der Waals surface area contributed by atoms with Crippen molar-refractivity contribution < 1.29 is 9.53 Å². The predicted octanol–water partition coefficient (Wildman–Crippen LogP) is 2.74. The zero-order valence-corrected chi connectivity index (χ0v) is 14.3. The van der Waals surface area contributed by atoms with E-state index in [4.69, 9.17) is 16.3 Å². The number of hydrogen-bond donors (Lipinski definition) is 1. The predicted molar refractivity (Wildman–Crippen MR) is 92.2 cm³/mol. The molecule has 2 atom stereocenters. The Morgan fingerprint density at radius 2 is 2.04 bits per heavy atom. The number of piperazine rings is 1. The molecule has 6 heteroatoms. The Morgan fingerprint density at radius 3 is 2.70 bits per heavy atom. The molecule has 2 fully saturated rings. The molecule has 0 bridgehead atoms. The largest absolute Gasteiger partial charge is 0.376 e. The minimum absolute atomic E-state index is 0.00630. The van der Waals surface area contributed by atoms with Crippen molar-refractivity contribution in [1.29, 1.82) is 0 Å². The molecule has 2 aliphatic heterocycles. The molecule has 2 saturated heterocycles. The molecular weight excluding hydrogens is 314 g/mol. The van der Waals surface area contributed by atoms with Crippen molar-refractivity contribution >= 4 is 23.3 Å². The zero-order valence-electron chi connectivity index (χ0n) is 13.5. The molecule has 1 aromatic rings. The van der Waals surface area contributed by atoms with Crippen molar-refractivity contribution in [2.75, 3.05) is 37.7 Å². The zero-order chi connectivity index (χ0) is 16.2. The maximum absolute atomic E-state index is 12.4. The highest BCUT2D eigenvalue weighted by molar-refractivity contribution is 6.33. The highest BCUT2D eigenvalue weighted by Crippen LogP contribution is 2.26. The van der Waals surface area contributed by atoms with Gasteiger partial charge in [0.1, 0.15) is 0 Å². The van der Waals surface area contributed by atoms with E-state index in [2.05, 4.69) is 10.2 Å². The standard InChI is InChI=1S/C17H24ClN3O2/c1-13(16-7-4-12-23-16)19-17(22)21-10-8-20(9-11-21)15-6-3-2-5-14(15)18/h2-3,5-6,13,16H,4,7-12H2,1H3,(H,19,22). The summed E-state index contributed by atoms with van der Waals surface area (Å²) in [6, 6.07) is 7.92. The number of para-hydroxylation sites is 1. The Hall–Kier alpha value is -1.46. The summed E-state index contributed by atoms with van der Waals surface area (Å²) in [4.78, 5) is 16.5. The number of nitrogens with zero attached hydrogens (tertiary/aromatic N) is 2. The molecule has 2 aliphatic rings. The SMILES string of the molecule is CC(NC(=O)N1CCN(c2ccccc2Cl)CC1)C1CCCO1. The van der Waals surface area contributed by atoms with Gasteiger partial charge in [0.25, 0.3) is 0 Å². The summed E-state index contributed by atoms with van der Waals surface area (Å²) >= 11 is 6.25. The monoisotopic (exact) mass is 337 g/mol. The van der Waals surface area contributed by atoms with Crippen LogP contribution < -0.4 is 10.2 Å². The minimum atomic E-state index is 0.00630. The highest BCUT2D eigenvalue weighted by atomic mass is 35.5. The molecule has 0 radical (unpaired) electrons. The Kier molecular flexibility index (Phi) is 5.28. The lowest BCUT2D eigenvalue weighted by atomic mass is 10.1. The van der Waals surface area contributed by atoms with Gasteiger partial charge in [0.2, 0.25) is 0 Å². The number of amides is 2. The Bertz CT molecular complexity index is 540. The maximum Gasteiger partial charge on any atom is 0.317 e. The second-order valence-corrected chi connectivity index (χ2v) is 6.62. The summed E-state index contributed by atoms with van der Waals surface area (Å²) in [5.74, 6) is 0. The van der Waals surface area contributed by atoms with Crippen LogP contribution in [0.1, 0.15) is 19.8 Å². The summed E-state index contributed by atoms with van der Waals surface area (Å²) < 4.78 is 5.63. The van der Waals surface area contributed by atoms with Crippen LogP contribution in [0.5, 0.6) is 0 Å². The number of carbonyl (C=O) groups is 1. The molecule has 3 rings (SSSR count). The molecule has 0 saturated carbocycles. The molecule has 0 spiro atoms. The number of anilines is 1. The van der Waals surface area contributed by atoms with Gasteiger partial charge in [-0.3, -0.25) is 0 Å². The van der Waals surface area contributed by atoms with Crippen molar-refractivity contribution in [2.24, 2.45) is 0 Å². The quantitative estimate of drug-likeness (QED) is 0.922. The second kappa shape index (κ2) is 7.41. The molecule has 23 heavy (non-hydrogen) atoms. The molecule has 0 aliphatic carbocycles. The van der Waals surface area contributed by atoms with Crippen LogP contribution in [0.15, 0.2) is 24.3 Å². The van der Waals surface area contributed by atoms with E-state index in [1.807, 2.05) is 36.1 Å². The lowest BCUT2D eigenvalue weighted by Gasteiger charge is -2.37. The molecule has 126 valence electrons. The van der Waals surface area contributed by atoms with Crippen molar-refractivity contribution in [2.45, 2.75) is 31.9 Å². The maximum atomic E-state index is 12.4. The topological polar surface area (TPSA) is 44.8 Å². The molecule has 1 N–H and O–H groups in total. The summed E-state index contributed by atoms with van der Waals surface area (Å²) in [7, 11) is 0. The van der Waals surface area contributed by atoms with Crippen LogP contribution in [0.25, 0.3) is 0 Å². The van der Waals surface area contributed by atoms with Gasteiger partial charge in [0.05, 0.1) is 22.9 Å². The summed E-state index contributed by atoms with van der Waals surface area (Å²) in [5, 5.41) is 3.84. The van der Waals surface area contributed by atoms with E-state index >= 15 is 0 Å². The fraction of sp³-hybridized carbons (Fsp3) is 0.588. The number of nitrogens with one attached hydrogen (secondary N) is 1. The van der Waals surface area contributed by atoms with Crippen LogP contribution >= 0.6 is 11.6 Å². The van der Waals surface area contributed by atoms with Crippen LogP contribution in [0.2, 0.25) is 5.02 Å². The smallest absolute Gasteiger partial charge is 0.317 e. The fourth-order valence-electron chi connectivity index (χ4n) is 3.23. The van der Waals surface area contributed by atoms with Gasteiger partial charge in [0.15, 0.2) is 0 Å². The van der Waals surface area contributed by atoms with Crippen LogP contribution in [-0.2, 0) is 4.74 Å². The summed E-state index contributed by atoms with van der Waals surface area (Å²) in [6.07, 6.45) is 2.27. The van der Waals surface area contributed by atoms with E-state index in [0.29, 0.717) is 13.1 Å². The van der Waals surface area contributed by atoms with Gasteiger partial charge in [-0.2, -0.15) is 0 Å². The van der Waals surface area contributed by atoms with Gasteiger partial charge in [-0.25, -0.2) is 4.79 Å². The normalized spacial score (nSPS) is 23.0. The van der Waals surface area contributed by atoms with E-state index in [0.717, 1.165) is 43.2 Å². The van der Waals surface area contributed by atoms with Crippen molar-refractivity contribution in [3.8, 4) is 0 Å². The van der Waals surface area contributed by atoms with E-state index in [-0.39, 0.29) is 18.2 Å². The number of carbonyl (C=O) groups excluding carboxylic acids is 1. The molecule has 2 heterocycles. The Labute approximate surface area is 142 Å². The highest BCUT2D eigenvalue weighted by Gasteiger charge is 2.27. The van der Waals surface area contributed by atoms with Crippen molar-refractivity contribution in [1.82, 2.24) is 10.2 Å². The van der Waals surface area contributed by atoms with E-state index in [1.54, 1.807) is 0 Å². The fourth-order valence-corrected chi connectivity index (χ4v) is 3.49. The van der Waals surface area contributed by atoms with Gasteiger partial charge in [-0.1, -0.05) is 23.7 Å². The lowest BCUT2D eigenvalue weighted by molar-refractivity contribution is 0.0831. The number of hydrogen-bond acceptors (Lipinski definition) is 3. The number of ether oxygens (including phenoxy) is 1. The van der Waals surface area contributed by atoms with E-state index in [9.17, 15) is 4.79 Å². The van der Waals surface area contributed by atoms with Gasteiger partial charge < -0.3 is 19.9 Å². The van der Waals surface area contributed by atoms with Crippen LogP contribution in [0, 0.1) is 0 Å². The third-order valence-corrected chi connectivity index (χ3v) is 4.95. The summed E-state index contributed by atoms with van der Waals surface area (Å²) in [5.41, 5.74) is 1.04. The second-order valence-electron chi connectivity index (χ2n) is 6.22. The third kappa shape index (κ3) is 3.90. The molecular formula is C17H24ClN3O2. The van der Waals surface area contributed by atoms with Gasteiger partial charge in [-0.15, -0.1) is 0 Å². The van der Waals surface area contributed by atoms with Gasteiger partial charge >= 0.3 is 6.03 Å². The number of rotatable bonds is 3. The number of urea groups is 1. The Balaban J connectivity index is 1.50. The van der Waals surface area contributed by atoms with Crippen LogP contribution in [0.4, 0.5) is 10.5 Å². The third-order valence-electron chi connectivity index (χ3n) is 4.63. The van der Waals surface area contributed by atoms with Crippen molar-refractivity contribution in [3.63, 3.8) is 0 Å². The molecule has 5 nitrogen and oxygen atoms in total. The van der Waals surface area contributed by atoms with Gasteiger partial charge in [-0.05, 0) is 31.9 Å². The average molecular weight is 338 g/mol. The molecule has 2 unspecified atom stereocenters. The number of halogens is 1. The van der Waals surface area contributed by atoms with E-state index < -0.39 is 0 Å². The molecule has 2 amide bonds. The molecule has 1 aromatic carbocycles. The Morgan fingerprint density at radius 1 is 1.30 bits per heavy atom. The first kappa shape index (κ1) is 16.4. The van der Waals surface area contributed by atoms with Gasteiger partial charge in [0, 0.05) is 32.8 Å². The van der Waals surface area contributed by atoms with Crippen LogP contribution in [-0.4, -0.2) is 55.9 Å². The van der Waals surface area contributed by atoms with Crippen molar-refractivity contribution in [3.05, 3.63) is 29.3 Å². The van der Waals surface area contributed by atoms with Crippen LogP contribution in [0.3, 0.4) is 0 Å². The first-order valence-electron chi connectivity index (χ1n) is 8.31. The molecule has 0 aromatic heterocycles. The average Bonchev–Trinajstić information content (AvgIpc) is 3.10. The minimum Gasteiger partial charge on any atom is -0.376 e. The number of benzene rings is 1. The van der Waals surface area contributed by atoms with E-state index in [1.165, 1.54) is 0 Å².